The van der Waals surface area contributed by atoms with Gasteiger partial charge in [0.15, 0.2) is 5.78 Å². The van der Waals surface area contributed by atoms with Crippen LogP contribution in [0.4, 0.5) is 0 Å². The van der Waals surface area contributed by atoms with Gasteiger partial charge in [-0.15, -0.1) is 11.3 Å². The van der Waals surface area contributed by atoms with Crippen molar-refractivity contribution >= 4 is 44.7 Å². The molecule has 1 fully saturated rings. The van der Waals surface area contributed by atoms with Gasteiger partial charge in [-0.05, 0) is 60.7 Å². The number of hydrogen-bond donors (Lipinski definition) is 0. The summed E-state index contributed by atoms with van der Waals surface area (Å²) in [6.45, 7) is 0.664. The van der Waals surface area contributed by atoms with E-state index in [-0.39, 0.29) is 16.4 Å². The molecule has 0 saturated carbocycles. The van der Waals surface area contributed by atoms with Crippen LogP contribution in [0, 0.1) is 0 Å². The molecule has 1 atom stereocenters. The van der Waals surface area contributed by atoms with Crippen LogP contribution in [-0.4, -0.2) is 44.2 Å². The number of methoxy groups -OCH3 is 1. The molecule has 4 rings (SSSR count). The Bertz CT molecular complexity index is 1340. The second-order valence-electron chi connectivity index (χ2n) is 8.42. The summed E-state index contributed by atoms with van der Waals surface area (Å²) in [5.41, 5.74) is 2.34. The molecule has 0 bridgehead atoms. The lowest BCUT2D eigenvalue weighted by molar-refractivity contribution is -0.122. The molecule has 0 amide bonds. The normalized spacial score (nSPS) is 16.1. The average Bonchev–Trinajstić information content (AvgIpc) is 3.57. The van der Waals surface area contributed by atoms with Crippen molar-refractivity contribution in [2.45, 2.75) is 42.5 Å². The molecule has 36 heavy (non-hydrogen) atoms. The molecule has 0 spiro atoms. The Balaban J connectivity index is 1.31. The van der Waals surface area contributed by atoms with Crippen LogP contribution >= 0.6 is 22.9 Å². The highest BCUT2D eigenvalue weighted by Crippen LogP contribution is 2.33. The number of nitrogens with zero attached hydrogens (tertiary/aromatic N) is 1. The molecule has 2 heterocycles. The van der Waals surface area contributed by atoms with E-state index in [1.807, 2.05) is 24.3 Å². The van der Waals surface area contributed by atoms with Gasteiger partial charge < -0.3 is 9.47 Å². The number of carbonyl (C=O) groups excluding carboxylic acids is 2. The quantitative estimate of drug-likeness (QED) is 0.327. The predicted molar refractivity (Wildman–Crippen MR) is 138 cm³/mol. The summed E-state index contributed by atoms with van der Waals surface area (Å²) in [6, 6.07) is 16.9. The molecule has 1 saturated heterocycles. The van der Waals surface area contributed by atoms with Gasteiger partial charge in [0.25, 0.3) is 10.0 Å². The van der Waals surface area contributed by atoms with E-state index >= 15 is 0 Å². The highest BCUT2D eigenvalue weighted by molar-refractivity contribution is 7.91. The molecule has 7 nitrogen and oxygen atoms in total. The predicted octanol–water partition coefficient (Wildman–Crippen LogP) is 5.12. The van der Waals surface area contributed by atoms with E-state index in [0.29, 0.717) is 48.1 Å². The van der Waals surface area contributed by atoms with Gasteiger partial charge in [-0.25, -0.2) is 13.2 Å². The van der Waals surface area contributed by atoms with Crippen molar-refractivity contribution in [1.29, 1.82) is 0 Å². The topological polar surface area (TPSA) is 90.0 Å². The Kier molecular flexibility index (Phi) is 8.46. The van der Waals surface area contributed by atoms with E-state index in [4.69, 9.17) is 21.1 Å². The molecule has 0 aliphatic carbocycles. The molecule has 0 radical (unpaired) electrons. The average molecular weight is 548 g/mol. The van der Waals surface area contributed by atoms with Crippen molar-refractivity contribution in [1.82, 2.24) is 4.31 Å². The molecule has 1 aromatic heterocycles. The zero-order valence-corrected chi connectivity index (χ0v) is 22.1. The second-order valence-corrected chi connectivity index (χ2v) is 12.3. The number of hydrogen-bond acceptors (Lipinski definition) is 7. The lowest BCUT2D eigenvalue weighted by atomic mass is 10.0. The number of Topliss-reactive ketones (excluding diaryl/α,β-unsaturated/α-hetero) is 1. The highest BCUT2D eigenvalue weighted by Gasteiger charge is 2.39. The zero-order valence-electron chi connectivity index (χ0n) is 19.7. The second kappa shape index (κ2) is 11.6. The Morgan fingerprint density at radius 1 is 1.08 bits per heavy atom. The summed E-state index contributed by atoms with van der Waals surface area (Å²) in [7, 11) is -2.40. The first-order valence-corrected chi connectivity index (χ1v) is 14.1. The summed E-state index contributed by atoms with van der Waals surface area (Å²) in [4.78, 5) is 24.6. The van der Waals surface area contributed by atoms with Crippen LogP contribution in [-0.2, 0) is 32.6 Å². The molecule has 190 valence electrons. The number of halogens is 1. The number of ketones is 1. The number of aryl methyl sites for hydroxylation is 1. The third kappa shape index (κ3) is 6.15. The van der Waals surface area contributed by atoms with Crippen molar-refractivity contribution < 1.29 is 27.5 Å². The van der Waals surface area contributed by atoms with Crippen LogP contribution in [0.1, 0.15) is 40.7 Å². The maximum Gasteiger partial charge on any atom is 0.337 e. The van der Waals surface area contributed by atoms with E-state index in [1.165, 1.54) is 17.5 Å². The number of sulfonamides is 1. The number of ether oxygens (including phenoxy) is 2. The van der Waals surface area contributed by atoms with E-state index in [2.05, 4.69) is 0 Å². The van der Waals surface area contributed by atoms with Gasteiger partial charge in [-0.3, -0.25) is 4.79 Å². The maximum atomic E-state index is 13.0. The van der Waals surface area contributed by atoms with Crippen LogP contribution in [0.2, 0.25) is 4.34 Å². The third-order valence-electron chi connectivity index (χ3n) is 6.03. The first-order valence-electron chi connectivity index (χ1n) is 11.5. The van der Waals surface area contributed by atoms with Crippen LogP contribution in [0.5, 0.6) is 5.75 Å². The molecular weight excluding hydrogens is 522 g/mol. The Hall–Kier alpha value is -2.72. The van der Waals surface area contributed by atoms with Crippen molar-refractivity contribution in [3.8, 4) is 5.75 Å². The van der Waals surface area contributed by atoms with Gasteiger partial charge in [0, 0.05) is 13.0 Å². The van der Waals surface area contributed by atoms with Crippen molar-refractivity contribution in [3.63, 3.8) is 0 Å². The van der Waals surface area contributed by atoms with Crippen LogP contribution < -0.4 is 4.74 Å². The Morgan fingerprint density at radius 2 is 1.83 bits per heavy atom. The fraction of sp³-hybridized carbons (Fsp3) is 0.308. The van der Waals surface area contributed by atoms with Gasteiger partial charge >= 0.3 is 5.97 Å². The summed E-state index contributed by atoms with van der Waals surface area (Å²) in [5, 5.41) is 0. The monoisotopic (exact) mass is 547 g/mol. The number of benzene rings is 2. The summed E-state index contributed by atoms with van der Waals surface area (Å²) in [6.07, 6.45) is 1.98. The molecule has 2 aromatic carbocycles. The first-order chi connectivity index (χ1) is 17.3. The molecule has 0 unspecified atom stereocenters. The smallest absolute Gasteiger partial charge is 0.337 e. The Labute approximate surface area is 219 Å². The Morgan fingerprint density at radius 3 is 2.53 bits per heavy atom. The summed E-state index contributed by atoms with van der Waals surface area (Å²) >= 11 is 6.92. The molecule has 3 aromatic rings. The van der Waals surface area contributed by atoms with Crippen molar-refractivity contribution in [2.24, 2.45) is 0 Å². The number of esters is 1. The maximum absolute atomic E-state index is 13.0. The summed E-state index contributed by atoms with van der Waals surface area (Å²) in [5.74, 6) is 0.0682. The van der Waals surface area contributed by atoms with Gasteiger partial charge in [-0.1, -0.05) is 41.9 Å². The third-order valence-corrected chi connectivity index (χ3v) is 9.64. The fourth-order valence-corrected chi connectivity index (χ4v) is 7.43. The SMILES string of the molecule is COC(=O)c1cccc(OCc2ccc(CCC(=O)[C@@H]3CCCN3S(=O)(=O)c3ccc(Cl)s3)cc2)c1. The van der Waals surface area contributed by atoms with E-state index in [1.54, 1.807) is 30.3 Å². The van der Waals surface area contributed by atoms with Crippen LogP contribution in [0.15, 0.2) is 64.9 Å². The minimum atomic E-state index is -3.73. The van der Waals surface area contributed by atoms with Crippen molar-refractivity contribution in [3.05, 3.63) is 81.7 Å². The minimum Gasteiger partial charge on any atom is -0.489 e. The van der Waals surface area contributed by atoms with E-state index in [0.717, 1.165) is 22.5 Å². The van der Waals surface area contributed by atoms with Crippen LogP contribution in [0.25, 0.3) is 0 Å². The number of thiophene rings is 1. The van der Waals surface area contributed by atoms with Crippen LogP contribution in [0.3, 0.4) is 0 Å². The lowest BCUT2D eigenvalue weighted by Gasteiger charge is -2.22. The zero-order chi connectivity index (χ0) is 25.7. The molecular formula is C26H26ClNO6S2. The van der Waals surface area contributed by atoms with Crippen molar-refractivity contribution in [2.75, 3.05) is 13.7 Å². The molecule has 0 N–H and O–H groups in total. The lowest BCUT2D eigenvalue weighted by Crippen LogP contribution is -2.40. The number of carbonyl (C=O) groups is 2. The molecule has 10 heteroatoms. The molecule has 1 aliphatic heterocycles. The van der Waals surface area contributed by atoms with Gasteiger partial charge in [0.05, 0.1) is 23.1 Å². The van der Waals surface area contributed by atoms with Gasteiger partial charge in [0.2, 0.25) is 0 Å². The minimum absolute atomic E-state index is 0.0726. The summed E-state index contributed by atoms with van der Waals surface area (Å²) < 4.78 is 38.4. The molecule has 1 aliphatic rings. The van der Waals surface area contributed by atoms with E-state index < -0.39 is 22.0 Å². The largest absolute Gasteiger partial charge is 0.489 e. The van der Waals surface area contributed by atoms with Gasteiger partial charge in [-0.2, -0.15) is 4.31 Å². The standard InChI is InChI=1S/C26H26ClNO6S2/c1-33-26(30)20-4-2-5-21(16-20)34-17-19-9-7-18(8-10-19)11-12-23(29)22-6-3-15-28(22)36(31,32)25-14-13-24(27)35-25/h2,4-5,7-10,13-14,16,22H,3,6,11-12,15,17H2,1H3/t22-/m0/s1. The van der Waals surface area contributed by atoms with Gasteiger partial charge in [0.1, 0.15) is 16.6 Å². The highest BCUT2D eigenvalue weighted by atomic mass is 35.5. The first kappa shape index (κ1) is 26.3. The van der Waals surface area contributed by atoms with E-state index in [9.17, 15) is 18.0 Å². The fourth-order valence-electron chi connectivity index (χ4n) is 4.14. The number of rotatable bonds is 10.